The second-order valence-electron chi connectivity index (χ2n) is 5.53. The van der Waals surface area contributed by atoms with Crippen molar-refractivity contribution in [3.63, 3.8) is 0 Å². The number of carboxylic acids is 1. The quantitative estimate of drug-likeness (QED) is 0.873. The molecule has 5 nitrogen and oxygen atoms in total. The van der Waals surface area contributed by atoms with Crippen LogP contribution in [-0.4, -0.2) is 41.6 Å². The average Bonchev–Trinajstić information content (AvgIpc) is 2.49. The Bertz CT molecular complexity index is 511. The van der Waals surface area contributed by atoms with Crippen molar-refractivity contribution in [1.29, 1.82) is 0 Å². The van der Waals surface area contributed by atoms with Gasteiger partial charge in [-0.15, -0.1) is 0 Å². The highest BCUT2D eigenvalue weighted by Crippen LogP contribution is 2.20. The maximum absolute atomic E-state index is 12.9. The molecule has 1 N–H and O–H groups in total. The van der Waals surface area contributed by atoms with Crippen LogP contribution in [0, 0.1) is 11.7 Å². The minimum absolute atomic E-state index is 0.175. The molecule has 1 aromatic carbocycles. The molecule has 0 aromatic heterocycles. The van der Waals surface area contributed by atoms with E-state index in [0.717, 1.165) is 12.8 Å². The van der Waals surface area contributed by atoms with E-state index in [1.807, 2.05) is 0 Å². The molecule has 1 aliphatic heterocycles. The highest BCUT2D eigenvalue weighted by Gasteiger charge is 2.23. The highest BCUT2D eigenvalue weighted by molar-refractivity contribution is 5.81. The Morgan fingerprint density at radius 1 is 1.23 bits per heavy atom. The van der Waals surface area contributed by atoms with Crippen LogP contribution in [-0.2, 0) is 20.9 Å². The lowest BCUT2D eigenvalue weighted by atomic mass is 9.96. The number of carbonyl (C=O) groups is 2. The molecule has 1 amide bonds. The van der Waals surface area contributed by atoms with E-state index in [2.05, 4.69) is 0 Å². The molecule has 1 saturated heterocycles. The van der Waals surface area contributed by atoms with Crippen molar-refractivity contribution in [2.75, 3.05) is 19.8 Å². The summed E-state index contributed by atoms with van der Waals surface area (Å²) in [5.41, 5.74) is 0.711. The summed E-state index contributed by atoms with van der Waals surface area (Å²) in [4.78, 5) is 24.7. The van der Waals surface area contributed by atoms with E-state index in [-0.39, 0.29) is 30.7 Å². The molecule has 1 aromatic rings. The van der Waals surface area contributed by atoms with Gasteiger partial charge in [0.1, 0.15) is 12.4 Å². The summed E-state index contributed by atoms with van der Waals surface area (Å²) < 4.78 is 18.2. The number of hydrogen-bond acceptors (Lipinski definition) is 3. The van der Waals surface area contributed by atoms with Crippen LogP contribution in [0.5, 0.6) is 0 Å². The smallest absolute Gasteiger partial charge is 0.323 e. The molecule has 0 atom stereocenters. The maximum Gasteiger partial charge on any atom is 0.323 e. The van der Waals surface area contributed by atoms with Gasteiger partial charge >= 0.3 is 5.97 Å². The third kappa shape index (κ3) is 5.11. The van der Waals surface area contributed by atoms with Gasteiger partial charge in [-0.2, -0.15) is 0 Å². The van der Waals surface area contributed by atoms with Crippen LogP contribution in [0.15, 0.2) is 24.3 Å². The Labute approximate surface area is 128 Å². The second kappa shape index (κ2) is 7.89. The van der Waals surface area contributed by atoms with Crippen molar-refractivity contribution in [2.24, 2.45) is 5.92 Å². The molecule has 1 fully saturated rings. The number of amides is 1. The Kier molecular flexibility index (Phi) is 5.89. The van der Waals surface area contributed by atoms with Crippen molar-refractivity contribution in [1.82, 2.24) is 4.90 Å². The molecular formula is C16H20FNO4. The van der Waals surface area contributed by atoms with Crippen LogP contribution < -0.4 is 0 Å². The fourth-order valence-electron chi connectivity index (χ4n) is 2.53. The van der Waals surface area contributed by atoms with E-state index >= 15 is 0 Å². The van der Waals surface area contributed by atoms with Gasteiger partial charge < -0.3 is 14.7 Å². The largest absolute Gasteiger partial charge is 0.480 e. The van der Waals surface area contributed by atoms with Crippen LogP contribution in [0.25, 0.3) is 0 Å². The number of nitrogens with zero attached hydrogens (tertiary/aromatic N) is 1. The van der Waals surface area contributed by atoms with Gasteiger partial charge in [0.15, 0.2) is 0 Å². The molecule has 0 aliphatic carbocycles. The molecule has 120 valence electrons. The average molecular weight is 309 g/mol. The minimum Gasteiger partial charge on any atom is -0.480 e. The molecule has 6 heteroatoms. The minimum atomic E-state index is -1.05. The summed E-state index contributed by atoms with van der Waals surface area (Å²) in [7, 11) is 0. The van der Waals surface area contributed by atoms with E-state index in [4.69, 9.17) is 9.84 Å². The maximum atomic E-state index is 12.9. The summed E-state index contributed by atoms with van der Waals surface area (Å²) in [6.45, 7) is 1.12. The number of ether oxygens (including phenoxy) is 1. The van der Waals surface area contributed by atoms with Gasteiger partial charge in [0.05, 0.1) is 0 Å². The van der Waals surface area contributed by atoms with E-state index < -0.39 is 5.97 Å². The SMILES string of the molecule is O=C(O)CN(Cc1ccc(F)cc1)C(=O)CC1CCOCC1. The Morgan fingerprint density at radius 3 is 2.45 bits per heavy atom. The van der Waals surface area contributed by atoms with Gasteiger partial charge in [-0.3, -0.25) is 9.59 Å². The Balaban J connectivity index is 1.99. The summed E-state index contributed by atoms with van der Waals surface area (Å²) >= 11 is 0. The zero-order valence-electron chi connectivity index (χ0n) is 12.3. The standard InChI is InChI=1S/C16H20FNO4/c17-14-3-1-13(2-4-14)10-18(11-16(20)21)15(19)9-12-5-7-22-8-6-12/h1-4,12H,5-11H2,(H,20,21). The van der Waals surface area contributed by atoms with Crippen molar-refractivity contribution < 1.29 is 23.8 Å². The van der Waals surface area contributed by atoms with Gasteiger partial charge in [-0.05, 0) is 36.5 Å². The topological polar surface area (TPSA) is 66.8 Å². The number of aliphatic carboxylic acids is 1. The lowest BCUT2D eigenvalue weighted by Gasteiger charge is -2.26. The Morgan fingerprint density at radius 2 is 1.86 bits per heavy atom. The first-order chi connectivity index (χ1) is 10.5. The molecule has 2 rings (SSSR count). The predicted molar refractivity (Wildman–Crippen MR) is 77.6 cm³/mol. The van der Waals surface area contributed by atoms with Crippen molar-refractivity contribution >= 4 is 11.9 Å². The fourth-order valence-corrected chi connectivity index (χ4v) is 2.53. The number of benzene rings is 1. The molecule has 0 bridgehead atoms. The number of rotatable bonds is 6. The molecule has 0 spiro atoms. The summed E-state index contributed by atoms with van der Waals surface area (Å²) in [6, 6.07) is 5.73. The third-order valence-electron chi connectivity index (χ3n) is 3.77. The zero-order chi connectivity index (χ0) is 15.9. The van der Waals surface area contributed by atoms with Gasteiger partial charge in [-0.25, -0.2) is 4.39 Å². The van der Waals surface area contributed by atoms with Crippen LogP contribution in [0.1, 0.15) is 24.8 Å². The van der Waals surface area contributed by atoms with Crippen LogP contribution in [0.4, 0.5) is 4.39 Å². The molecule has 0 radical (unpaired) electrons. The fraction of sp³-hybridized carbons (Fsp3) is 0.500. The first-order valence-electron chi connectivity index (χ1n) is 7.36. The van der Waals surface area contributed by atoms with Crippen LogP contribution in [0.3, 0.4) is 0 Å². The molecule has 0 saturated carbocycles. The van der Waals surface area contributed by atoms with Crippen molar-refractivity contribution in [3.8, 4) is 0 Å². The first-order valence-corrected chi connectivity index (χ1v) is 7.36. The normalized spacial score (nSPS) is 15.5. The molecule has 0 unspecified atom stereocenters. The number of hydrogen-bond donors (Lipinski definition) is 1. The van der Waals surface area contributed by atoms with E-state index in [1.165, 1.54) is 17.0 Å². The van der Waals surface area contributed by atoms with Gasteiger partial charge in [0.25, 0.3) is 0 Å². The molecule has 1 heterocycles. The monoisotopic (exact) mass is 309 g/mol. The van der Waals surface area contributed by atoms with E-state index in [9.17, 15) is 14.0 Å². The van der Waals surface area contributed by atoms with Crippen LogP contribution >= 0.6 is 0 Å². The summed E-state index contributed by atoms with van der Waals surface area (Å²) in [5, 5.41) is 8.99. The number of carboxylic acid groups (broad SMARTS) is 1. The van der Waals surface area contributed by atoms with Gasteiger partial charge in [0, 0.05) is 26.2 Å². The number of carbonyl (C=O) groups excluding carboxylic acids is 1. The van der Waals surface area contributed by atoms with E-state index in [1.54, 1.807) is 12.1 Å². The molecule has 22 heavy (non-hydrogen) atoms. The predicted octanol–water partition coefficient (Wildman–Crippen LogP) is 2.06. The van der Waals surface area contributed by atoms with Gasteiger partial charge in [0.2, 0.25) is 5.91 Å². The second-order valence-corrected chi connectivity index (χ2v) is 5.53. The van der Waals surface area contributed by atoms with Gasteiger partial charge in [-0.1, -0.05) is 12.1 Å². The highest BCUT2D eigenvalue weighted by atomic mass is 19.1. The van der Waals surface area contributed by atoms with Crippen LogP contribution in [0.2, 0.25) is 0 Å². The lowest BCUT2D eigenvalue weighted by Crippen LogP contribution is -2.36. The van der Waals surface area contributed by atoms with Crippen molar-refractivity contribution in [2.45, 2.75) is 25.8 Å². The Hall–Kier alpha value is -1.95. The summed E-state index contributed by atoms with van der Waals surface area (Å²) in [6.07, 6.45) is 1.98. The zero-order valence-corrected chi connectivity index (χ0v) is 12.3. The molecule has 1 aliphatic rings. The first kappa shape index (κ1) is 16.4. The molecular weight excluding hydrogens is 289 g/mol. The van der Waals surface area contributed by atoms with E-state index in [0.29, 0.717) is 25.2 Å². The van der Waals surface area contributed by atoms with Crippen molar-refractivity contribution in [3.05, 3.63) is 35.6 Å². The number of halogens is 1. The third-order valence-corrected chi connectivity index (χ3v) is 3.77. The lowest BCUT2D eigenvalue weighted by molar-refractivity contribution is -0.145. The summed E-state index contributed by atoms with van der Waals surface area (Å²) in [5.74, 6) is -1.35.